The number of hydrogen-bond donors (Lipinski definition) is 1. The first-order chi connectivity index (χ1) is 8.06. The van der Waals surface area contributed by atoms with Crippen molar-refractivity contribution in [3.8, 4) is 0 Å². The van der Waals surface area contributed by atoms with Crippen molar-refractivity contribution in [1.29, 1.82) is 0 Å². The van der Waals surface area contributed by atoms with Gasteiger partial charge in [0.15, 0.2) is 0 Å². The molecule has 0 fully saturated rings. The fraction of sp³-hybridized carbons (Fsp3) is 0.786. The van der Waals surface area contributed by atoms with E-state index in [9.17, 15) is 0 Å². The number of aromatic nitrogens is 2. The average molecular weight is 237 g/mol. The van der Waals surface area contributed by atoms with Gasteiger partial charge in [-0.3, -0.25) is 0 Å². The lowest BCUT2D eigenvalue weighted by Gasteiger charge is -2.18. The maximum Gasteiger partial charge on any atom is 0.203 e. The summed E-state index contributed by atoms with van der Waals surface area (Å²) in [5, 5.41) is 3.53. The Balaban J connectivity index is 2.60. The van der Waals surface area contributed by atoms with Gasteiger partial charge in [0, 0.05) is 18.8 Å². The molecule has 1 heterocycles. The highest BCUT2D eigenvalue weighted by atomic mass is 15.2. The number of rotatable bonds is 7. The molecule has 0 aromatic carbocycles. The second-order valence-corrected chi connectivity index (χ2v) is 5.19. The van der Waals surface area contributed by atoms with Gasteiger partial charge in [-0.1, -0.05) is 27.2 Å². The van der Waals surface area contributed by atoms with Gasteiger partial charge in [-0.25, -0.2) is 4.98 Å². The van der Waals surface area contributed by atoms with Gasteiger partial charge in [0.2, 0.25) is 5.95 Å². The molecule has 0 aliphatic rings. The van der Waals surface area contributed by atoms with Crippen molar-refractivity contribution in [1.82, 2.24) is 9.55 Å². The average Bonchev–Trinajstić information content (AvgIpc) is 2.59. The summed E-state index contributed by atoms with van der Waals surface area (Å²) in [5.74, 6) is 1.80. The van der Waals surface area contributed by atoms with Crippen molar-refractivity contribution in [3.05, 3.63) is 11.9 Å². The predicted octanol–water partition coefficient (Wildman–Crippen LogP) is 3.84. The van der Waals surface area contributed by atoms with Crippen LogP contribution in [0.25, 0.3) is 0 Å². The number of nitrogens with zero attached hydrogens (tertiary/aromatic N) is 2. The fourth-order valence-electron chi connectivity index (χ4n) is 2.12. The third-order valence-corrected chi connectivity index (χ3v) is 3.19. The van der Waals surface area contributed by atoms with Crippen LogP contribution in [0.2, 0.25) is 0 Å². The van der Waals surface area contributed by atoms with Crippen LogP contribution >= 0.6 is 0 Å². The molecule has 1 aromatic rings. The standard InChI is InChI=1S/C14H27N3/c1-6-8-17-10-13(5)16-14(17)15-12(4)9-11(3)7-2/h10-12H,6-9H2,1-5H3,(H,15,16). The van der Waals surface area contributed by atoms with Crippen LogP contribution in [0.5, 0.6) is 0 Å². The highest BCUT2D eigenvalue weighted by Crippen LogP contribution is 2.15. The van der Waals surface area contributed by atoms with E-state index in [-0.39, 0.29) is 0 Å². The van der Waals surface area contributed by atoms with E-state index in [0.29, 0.717) is 6.04 Å². The van der Waals surface area contributed by atoms with Crippen molar-refractivity contribution in [2.24, 2.45) is 5.92 Å². The monoisotopic (exact) mass is 237 g/mol. The lowest BCUT2D eigenvalue weighted by Crippen LogP contribution is -2.20. The van der Waals surface area contributed by atoms with Crippen LogP contribution in [0.15, 0.2) is 6.20 Å². The summed E-state index contributed by atoms with van der Waals surface area (Å²) in [4.78, 5) is 4.55. The van der Waals surface area contributed by atoms with Crippen molar-refractivity contribution in [2.45, 2.75) is 66.5 Å². The zero-order valence-electron chi connectivity index (χ0n) is 12.0. The van der Waals surface area contributed by atoms with Crippen molar-refractivity contribution in [2.75, 3.05) is 5.32 Å². The molecule has 1 N–H and O–H groups in total. The predicted molar refractivity (Wildman–Crippen MR) is 74.4 cm³/mol. The van der Waals surface area contributed by atoms with Crippen LogP contribution in [0.1, 0.15) is 52.7 Å². The highest BCUT2D eigenvalue weighted by molar-refractivity contribution is 5.29. The van der Waals surface area contributed by atoms with E-state index in [4.69, 9.17) is 0 Å². The van der Waals surface area contributed by atoms with Crippen LogP contribution in [0.3, 0.4) is 0 Å². The second kappa shape index (κ2) is 6.67. The van der Waals surface area contributed by atoms with E-state index in [2.05, 4.69) is 55.7 Å². The molecule has 0 bridgehead atoms. The summed E-state index contributed by atoms with van der Waals surface area (Å²) in [6.45, 7) is 12.1. The third kappa shape index (κ3) is 4.41. The molecule has 0 aliphatic heterocycles. The largest absolute Gasteiger partial charge is 0.353 e. The minimum Gasteiger partial charge on any atom is -0.353 e. The van der Waals surface area contributed by atoms with E-state index in [0.717, 1.165) is 30.5 Å². The van der Waals surface area contributed by atoms with E-state index in [1.807, 2.05) is 0 Å². The SMILES string of the molecule is CCCn1cc(C)nc1NC(C)CC(C)CC. The summed E-state index contributed by atoms with van der Waals surface area (Å²) in [6, 6.07) is 0.488. The lowest BCUT2D eigenvalue weighted by molar-refractivity contribution is 0.481. The summed E-state index contributed by atoms with van der Waals surface area (Å²) in [7, 11) is 0. The smallest absolute Gasteiger partial charge is 0.203 e. The van der Waals surface area contributed by atoms with Crippen molar-refractivity contribution in [3.63, 3.8) is 0 Å². The molecule has 1 aromatic heterocycles. The highest BCUT2D eigenvalue weighted by Gasteiger charge is 2.11. The molecular weight excluding hydrogens is 210 g/mol. The van der Waals surface area contributed by atoms with E-state index < -0.39 is 0 Å². The normalized spacial score (nSPS) is 14.6. The van der Waals surface area contributed by atoms with Gasteiger partial charge in [0.1, 0.15) is 0 Å². The van der Waals surface area contributed by atoms with Gasteiger partial charge in [-0.2, -0.15) is 0 Å². The molecular formula is C14H27N3. The molecule has 98 valence electrons. The molecule has 3 nitrogen and oxygen atoms in total. The Hall–Kier alpha value is -0.990. The van der Waals surface area contributed by atoms with Crippen LogP contribution in [0, 0.1) is 12.8 Å². The molecule has 2 atom stereocenters. The van der Waals surface area contributed by atoms with Gasteiger partial charge in [-0.05, 0) is 32.6 Å². The molecule has 3 heteroatoms. The van der Waals surface area contributed by atoms with Crippen LogP contribution in [-0.4, -0.2) is 15.6 Å². The van der Waals surface area contributed by atoms with E-state index in [1.165, 1.54) is 12.8 Å². The Labute approximate surface area is 106 Å². The van der Waals surface area contributed by atoms with Crippen molar-refractivity contribution < 1.29 is 0 Å². The maximum absolute atomic E-state index is 4.55. The lowest BCUT2D eigenvalue weighted by atomic mass is 10.0. The zero-order chi connectivity index (χ0) is 12.8. The van der Waals surface area contributed by atoms with Gasteiger partial charge >= 0.3 is 0 Å². The Morgan fingerprint density at radius 1 is 1.35 bits per heavy atom. The van der Waals surface area contributed by atoms with Crippen LogP contribution in [0.4, 0.5) is 5.95 Å². The molecule has 2 unspecified atom stereocenters. The molecule has 0 amide bonds. The van der Waals surface area contributed by atoms with E-state index >= 15 is 0 Å². The quantitative estimate of drug-likeness (QED) is 0.781. The minimum absolute atomic E-state index is 0.488. The topological polar surface area (TPSA) is 29.9 Å². The number of imidazole rings is 1. The molecule has 0 radical (unpaired) electrons. The van der Waals surface area contributed by atoms with Gasteiger partial charge in [-0.15, -0.1) is 0 Å². The molecule has 0 spiro atoms. The summed E-state index contributed by atoms with van der Waals surface area (Å²) < 4.78 is 2.22. The first-order valence-electron chi connectivity index (χ1n) is 6.87. The maximum atomic E-state index is 4.55. The summed E-state index contributed by atoms with van der Waals surface area (Å²) >= 11 is 0. The third-order valence-electron chi connectivity index (χ3n) is 3.19. The Bertz CT molecular complexity index is 330. The second-order valence-electron chi connectivity index (χ2n) is 5.19. The Morgan fingerprint density at radius 2 is 2.06 bits per heavy atom. The molecule has 17 heavy (non-hydrogen) atoms. The number of nitrogens with one attached hydrogen (secondary N) is 1. The molecule has 0 saturated heterocycles. The first kappa shape index (κ1) is 14.1. The van der Waals surface area contributed by atoms with Gasteiger partial charge < -0.3 is 9.88 Å². The number of anilines is 1. The summed E-state index contributed by atoms with van der Waals surface area (Å²) in [5.41, 5.74) is 1.09. The van der Waals surface area contributed by atoms with E-state index in [1.54, 1.807) is 0 Å². The fourth-order valence-corrected chi connectivity index (χ4v) is 2.12. The first-order valence-corrected chi connectivity index (χ1v) is 6.87. The Kier molecular flexibility index (Phi) is 5.52. The molecule has 1 rings (SSSR count). The zero-order valence-corrected chi connectivity index (χ0v) is 12.0. The Morgan fingerprint density at radius 3 is 2.65 bits per heavy atom. The summed E-state index contributed by atoms with van der Waals surface area (Å²) in [6.07, 6.45) is 5.72. The number of aryl methyl sites for hydroxylation is 2. The van der Waals surface area contributed by atoms with Crippen LogP contribution < -0.4 is 5.32 Å². The molecule has 0 saturated carbocycles. The number of hydrogen-bond acceptors (Lipinski definition) is 2. The van der Waals surface area contributed by atoms with Crippen LogP contribution in [-0.2, 0) is 6.54 Å². The van der Waals surface area contributed by atoms with Crippen molar-refractivity contribution >= 4 is 5.95 Å². The van der Waals surface area contributed by atoms with Gasteiger partial charge in [0.25, 0.3) is 0 Å². The molecule has 0 aliphatic carbocycles. The minimum atomic E-state index is 0.488. The van der Waals surface area contributed by atoms with Gasteiger partial charge in [0.05, 0.1) is 5.69 Å².